The Morgan fingerprint density at radius 2 is 1.86 bits per heavy atom. The lowest BCUT2D eigenvalue weighted by molar-refractivity contribution is -0.385. The molecule has 1 aromatic rings. The van der Waals surface area contributed by atoms with Gasteiger partial charge in [0.1, 0.15) is 17.7 Å². The van der Waals surface area contributed by atoms with Crippen molar-refractivity contribution >= 4 is 21.6 Å². The van der Waals surface area contributed by atoms with Gasteiger partial charge in [-0.3, -0.25) is 10.1 Å². The van der Waals surface area contributed by atoms with Crippen molar-refractivity contribution in [1.29, 1.82) is 10.5 Å². The normalized spacial score (nSPS) is 8.79. The third-order valence-electron chi connectivity index (χ3n) is 1.55. The van der Waals surface area contributed by atoms with Crippen LogP contribution in [0.15, 0.2) is 16.6 Å². The Morgan fingerprint density at radius 1 is 1.29 bits per heavy atom. The molecule has 0 radical (unpaired) electrons. The van der Waals surface area contributed by atoms with Crippen molar-refractivity contribution in [3.8, 4) is 12.1 Å². The summed E-state index contributed by atoms with van der Waals surface area (Å²) in [6.07, 6.45) is 0. The van der Waals surface area contributed by atoms with E-state index in [1.165, 1.54) is 12.1 Å². The largest absolute Gasteiger partial charge is 0.288 e. The second-order valence-corrected chi connectivity index (χ2v) is 3.15. The quantitative estimate of drug-likeness (QED) is 0.565. The second kappa shape index (κ2) is 3.86. The van der Waals surface area contributed by atoms with Gasteiger partial charge in [-0.15, -0.1) is 0 Å². The zero-order valence-corrected chi connectivity index (χ0v) is 8.28. The number of halogens is 1. The van der Waals surface area contributed by atoms with E-state index in [9.17, 15) is 10.1 Å². The molecule has 0 amide bonds. The first-order valence-corrected chi connectivity index (χ1v) is 4.18. The summed E-state index contributed by atoms with van der Waals surface area (Å²) in [4.78, 5) is 9.80. The van der Waals surface area contributed by atoms with Crippen LogP contribution in [0.3, 0.4) is 0 Å². The van der Waals surface area contributed by atoms with E-state index in [-0.39, 0.29) is 16.8 Å². The average molecular weight is 252 g/mol. The summed E-state index contributed by atoms with van der Waals surface area (Å²) < 4.78 is 0.377. The SMILES string of the molecule is N#Cc1c(Br)ccc([N+](=O)[O-])c1C#N. The standard InChI is InChI=1S/C8H2BrN3O2/c9-7-1-2-8(12(13)14)6(4-11)5(7)3-10/h1-2H. The van der Waals surface area contributed by atoms with Gasteiger partial charge in [0, 0.05) is 10.5 Å². The van der Waals surface area contributed by atoms with Crippen molar-refractivity contribution in [3.63, 3.8) is 0 Å². The third kappa shape index (κ3) is 1.56. The summed E-state index contributed by atoms with van der Waals surface area (Å²) in [6.45, 7) is 0. The number of hydrogen-bond donors (Lipinski definition) is 0. The Hall–Kier alpha value is -1.92. The maximum atomic E-state index is 10.5. The molecule has 0 aromatic heterocycles. The molecule has 0 aliphatic carbocycles. The van der Waals surface area contributed by atoms with E-state index in [0.29, 0.717) is 4.47 Å². The highest BCUT2D eigenvalue weighted by molar-refractivity contribution is 9.10. The molecular weight excluding hydrogens is 250 g/mol. The molecule has 0 atom stereocenters. The van der Waals surface area contributed by atoms with Gasteiger partial charge in [-0.25, -0.2) is 0 Å². The van der Waals surface area contributed by atoms with Crippen LogP contribution in [0.5, 0.6) is 0 Å². The number of nitriles is 2. The molecule has 0 bridgehead atoms. The Morgan fingerprint density at radius 3 is 2.29 bits per heavy atom. The minimum Gasteiger partial charge on any atom is -0.258 e. The summed E-state index contributed by atoms with van der Waals surface area (Å²) in [5.74, 6) is 0. The topological polar surface area (TPSA) is 90.7 Å². The van der Waals surface area contributed by atoms with Gasteiger partial charge in [0.2, 0.25) is 0 Å². The first-order valence-electron chi connectivity index (χ1n) is 3.39. The maximum Gasteiger partial charge on any atom is 0.288 e. The lowest BCUT2D eigenvalue weighted by Gasteiger charge is -1.98. The summed E-state index contributed by atoms with van der Waals surface area (Å²) >= 11 is 3.04. The van der Waals surface area contributed by atoms with Crippen LogP contribution in [0.2, 0.25) is 0 Å². The van der Waals surface area contributed by atoms with Crippen LogP contribution in [0, 0.1) is 32.8 Å². The predicted molar refractivity (Wildman–Crippen MR) is 50.2 cm³/mol. The summed E-state index contributed by atoms with van der Waals surface area (Å²) in [7, 11) is 0. The number of hydrogen-bond acceptors (Lipinski definition) is 4. The molecule has 0 unspecified atom stereocenters. The molecule has 5 nitrogen and oxygen atoms in total. The first kappa shape index (κ1) is 10.2. The van der Waals surface area contributed by atoms with Crippen molar-refractivity contribution < 1.29 is 4.92 Å². The fourth-order valence-electron chi connectivity index (χ4n) is 0.941. The van der Waals surface area contributed by atoms with Crippen LogP contribution in [0.1, 0.15) is 11.1 Å². The van der Waals surface area contributed by atoms with Gasteiger partial charge in [-0.1, -0.05) is 0 Å². The highest BCUT2D eigenvalue weighted by Gasteiger charge is 2.19. The molecule has 0 saturated carbocycles. The molecule has 68 valence electrons. The molecule has 0 spiro atoms. The van der Waals surface area contributed by atoms with Gasteiger partial charge in [-0.05, 0) is 22.0 Å². The van der Waals surface area contributed by atoms with Gasteiger partial charge in [0.15, 0.2) is 0 Å². The molecule has 0 heterocycles. The Balaban J connectivity index is 3.61. The zero-order chi connectivity index (χ0) is 10.7. The van der Waals surface area contributed by atoms with Crippen molar-refractivity contribution in [1.82, 2.24) is 0 Å². The number of benzene rings is 1. The lowest BCUT2D eigenvalue weighted by Crippen LogP contribution is -1.95. The van der Waals surface area contributed by atoms with Crippen molar-refractivity contribution in [2.45, 2.75) is 0 Å². The highest BCUT2D eigenvalue weighted by Crippen LogP contribution is 2.27. The smallest absolute Gasteiger partial charge is 0.258 e. The van der Waals surface area contributed by atoms with Gasteiger partial charge >= 0.3 is 0 Å². The summed E-state index contributed by atoms with van der Waals surface area (Å²) in [6, 6.07) is 5.94. The Labute approximate surface area is 87.5 Å². The van der Waals surface area contributed by atoms with E-state index >= 15 is 0 Å². The summed E-state index contributed by atoms with van der Waals surface area (Å²) in [5.41, 5.74) is -0.583. The first-order chi connectivity index (χ1) is 6.61. The Kier molecular flexibility index (Phi) is 2.80. The fraction of sp³-hybridized carbons (Fsp3) is 0. The van der Waals surface area contributed by atoms with Gasteiger partial charge < -0.3 is 0 Å². The van der Waals surface area contributed by atoms with Crippen molar-refractivity contribution in [2.75, 3.05) is 0 Å². The highest BCUT2D eigenvalue weighted by atomic mass is 79.9. The van der Waals surface area contributed by atoms with Crippen LogP contribution >= 0.6 is 15.9 Å². The van der Waals surface area contributed by atoms with E-state index in [2.05, 4.69) is 15.9 Å². The van der Waals surface area contributed by atoms with Crippen molar-refractivity contribution in [2.24, 2.45) is 0 Å². The lowest BCUT2D eigenvalue weighted by atomic mass is 10.1. The fourth-order valence-corrected chi connectivity index (χ4v) is 1.36. The van der Waals surface area contributed by atoms with Crippen molar-refractivity contribution in [3.05, 3.63) is 37.8 Å². The van der Waals surface area contributed by atoms with E-state index in [1.807, 2.05) is 0 Å². The second-order valence-electron chi connectivity index (χ2n) is 2.30. The maximum absolute atomic E-state index is 10.5. The van der Waals surface area contributed by atoms with Gasteiger partial charge in [0.05, 0.1) is 10.5 Å². The van der Waals surface area contributed by atoms with E-state index < -0.39 is 4.92 Å². The molecule has 0 saturated heterocycles. The summed E-state index contributed by atoms with van der Waals surface area (Å²) in [5, 5.41) is 27.9. The van der Waals surface area contributed by atoms with Crippen LogP contribution in [-0.2, 0) is 0 Å². The average Bonchev–Trinajstić information content (AvgIpc) is 2.16. The molecule has 14 heavy (non-hydrogen) atoms. The van der Waals surface area contributed by atoms with Gasteiger partial charge in [-0.2, -0.15) is 10.5 Å². The molecular formula is C8H2BrN3O2. The van der Waals surface area contributed by atoms with Crippen LogP contribution < -0.4 is 0 Å². The number of rotatable bonds is 1. The van der Waals surface area contributed by atoms with Crippen LogP contribution in [0.4, 0.5) is 5.69 Å². The van der Waals surface area contributed by atoms with E-state index in [1.54, 1.807) is 12.1 Å². The number of nitrogens with zero attached hydrogens (tertiary/aromatic N) is 3. The van der Waals surface area contributed by atoms with Gasteiger partial charge in [0.25, 0.3) is 5.69 Å². The molecule has 0 fully saturated rings. The molecule has 0 aliphatic heterocycles. The van der Waals surface area contributed by atoms with E-state index in [0.717, 1.165) is 0 Å². The molecule has 0 aliphatic rings. The molecule has 0 N–H and O–H groups in total. The molecule has 1 aromatic carbocycles. The number of nitro benzene ring substituents is 1. The minimum atomic E-state index is -0.689. The predicted octanol–water partition coefficient (Wildman–Crippen LogP) is 2.10. The van der Waals surface area contributed by atoms with Crippen LogP contribution in [-0.4, -0.2) is 4.92 Å². The minimum absolute atomic E-state index is 0.0123. The molecule has 6 heteroatoms. The van der Waals surface area contributed by atoms with E-state index in [4.69, 9.17) is 10.5 Å². The van der Waals surface area contributed by atoms with Crippen LogP contribution in [0.25, 0.3) is 0 Å². The molecule has 1 rings (SSSR count). The Bertz CT molecular complexity index is 485. The zero-order valence-electron chi connectivity index (χ0n) is 6.69. The monoisotopic (exact) mass is 251 g/mol. The third-order valence-corrected chi connectivity index (χ3v) is 2.21. The number of nitro groups is 1.